The topological polar surface area (TPSA) is 106 Å². The highest BCUT2D eigenvalue weighted by Gasteiger charge is 2.14. The second-order valence-electron chi connectivity index (χ2n) is 5.96. The summed E-state index contributed by atoms with van der Waals surface area (Å²) in [5.41, 5.74) is 1.67. The molecule has 0 radical (unpaired) electrons. The van der Waals surface area contributed by atoms with E-state index in [1.807, 2.05) is 30.1 Å². The van der Waals surface area contributed by atoms with Crippen LogP contribution in [0.15, 0.2) is 51.9 Å². The van der Waals surface area contributed by atoms with Crippen molar-refractivity contribution in [1.82, 2.24) is 25.2 Å². The summed E-state index contributed by atoms with van der Waals surface area (Å²) in [6.45, 7) is 0.781. The highest BCUT2D eigenvalue weighted by Crippen LogP contribution is 2.09. The van der Waals surface area contributed by atoms with Crippen LogP contribution in [0.1, 0.15) is 22.1 Å². The molecule has 0 aliphatic rings. The third kappa shape index (κ3) is 4.57. The van der Waals surface area contributed by atoms with Crippen LogP contribution in [-0.4, -0.2) is 46.5 Å². The number of rotatable bonds is 7. The van der Waals surface area contributed by atoms with Gasteiger partial charge in [0.05, 0.1) is 11.9 Å². The van der Waals surface area contributed by atoms with E-state index in [9.17, 15) is 9.59 Å². The first kappa shape index (κ1) is 18.3. The van der Waals surface area contributed by atoms with E-state index in [0.29, 0.717) is 0 Å². The van der Waals surface area contributed by atoms with Gasteiger partial charge in [-0.15, -0.1) is 0 Å². The van der Waals surface area contributed by atoms with Crippen molar-refractivity contribution in [2.24, 2.45) is 0 Å². The highest BCUT2D eigenvalue weighted by atomic mass is 16.5. The normalized spacial score (nSPS) is 10.6. The number of anilines is 1. The number of benzene rings is 1. The molecular formula is C18H20N6O3. The van der Waals surface area contributed by atoms with Crippen LogP contribution in [0.4, 0.5) is 5.69 Å². The fourth-order valence-corrected chi connectivity index (χ4v) is 2.47. The maximum absolute atomic E-state index is 12.3. The lowest BCUT2D eigenvalue weighted by Gasteiger charge is -2.19. The first-order valence-corrected chi connectivity index (χ1v) is 8.43. The summed E-state index contributed by atoms with van der Waals surface area (Å²) in [5.74, 6) is -0.435. The van der Waals surface area contributed by atoms with Gasteiger partial charge >= 0.3 is 11.8 Å². The van der Waals surface area contributed by atoms with Crippen molar-refractivity contribution in [2.75, 3.05) is 25.5 Å². The van der Waals surface area contributed by atoms with Gasteiger partial charge in [-0.2, -0.15) is 10.1 Å². The van der Waals surface area contributed by atoms with E-state index in [1.165, 1.54) is 23.4 Å². The molecule has 1 N–H and O–H groups in total. The molecular weight excluding hydrogens is 348 g/mol. The zero-order valence-electron chi connectivity index (χ0n) is 15.1. The average molecular weight is 368 g/mol. The molecule has 9 nitrogen and oxygen atoms in total. The lowest BCUT2D eigenvalue weighted by atomic mass is 10.1. The maximum Gasteiger partial charge on any atom is 0.315 e. The number of aromatic nitrogens is 4. The minimum atomic E-state index is -0.482. The molecule has 2 aromatic heterocycles. The molecule has 0 bridgehead atoms. The Morgan fingerprint density at radius 2 is 2.07 bits per heavy atom. The van der Waals surface area contributed by atoms with Gasteiger partial charge in [0.1, 0.15) is 6.54 Å². The Morgan fingerprint density at radius 1 is 1.30 bits per heavy atom. The number of nitrogens with zero attached hydrogens (tertiary/aromatic N) is 5. The number of hydrogen-bond donors (Lipinski definition) is 1. The van der Waals surface area contributed by atoms with Gasteiger partial charge in [0.2, 0.25) is 0 Å². The standard InChI is InChI=1S/C18H20N6O3/c1-19-17(26)18-21-15(22-27-18)12-24-16(25)10-14(11-20-24)23(2)9-8-13-6-4-3-5-7-13/h3-7,10-11H,8-9,12H2,1-2H3,(H,19,26). The van der Waals surface area contributed by atoms with E-state index in [2.05, 4.69) is 32.7 Å². The molecule has 1 aromatic carbocycles. The predicted molar refractivity (Wildman–Crippen MR) is 98.7 cm³/mol. The molecule has 0 spiro atoms. The SMILES string of the molecule is CNC(=O)c1nc(Cn2ncc(N(C)CCc3ccccc3)cc2=O)no1. The second-order valence-corrected chi connectivity index (χ2v) is 5.96. The fourth-order valence-electron chi connectivity index (χ4n) is 2.47. The summed E-state index contributed by atoms with van der Waals surface area (Å²) < 4.78 is 6.06. The number of nitrogens with one attached hydrogen (secondary N) is 1. The van der Waals surface area contributed by atoms with Crippen molar-refractivity contribution in [2.45, 2.75) is 13.0 Å². The van der Waals surface area contributed by atoms with Crippen LogP contribution in [-0.2, 0) is 13.0 Å². The maximum atomic E-state index is 12.3. The third-order valence-electron chi connectivity index (χ3n) is 4.06. The van der Waals surface area contributed by atoms with Crippen LogP contribution in [0, 0.1) is 0 Å². The van der Waals surface area contributed by atoms with Gasteiger partial charge in [-0.05, 0) is 12.0 Å². The number of likely N-dealkylation sites (N-methyl/N-ethyl adjacent to an activating group) is 1. The van der Waals surface area contributed by atoms with E-state index in [-0.39, 0.29) is 23.8 Å². The van der Waals surface area contributed by atoms with Crippen molar-refractivity contribution in [1.29, 1.82) is 0 Å². The number of carbonyl (C=O) groups is 1. The Morgan fingerprint density at radius 3 is 2.78 bits per heavy atom. The highest BCUT2D eigenvalue weighted by molar-refractivity contribution is 5.89. The number of carbonyl (C=O) groups excluding carboxylic acids is 1. The predicted octanol–water partition coefficient (Wildman–Crippen LogP) is 0.713. The molecule has 3 rings (SSSR count). The summed E-state index contributed by atoms with van der Waals surface area (Å²) in [4.78, 5) is 29.7. The number of hydrogen-bond acceptors (Lipinski definition) is 7. The summed E-state index contributed by atoms with van der Waals surface area (Å²) in [5, 5.41) is 10.2. The van der Waals surface area contributed by atoms with Crippen LogP contribution < -0.4 is 15.8 Å². The van der Waals surface area contributed by atoms with Gasteiger partial charge in [-0.3, -0.25) is 9.59 Å². The van der Waals surface area contributed by atoms with Gasteiger partial charge in [0, 0.05) is 26.7 Å². The van der Waals surface area contributed by atoms with Crippen LogP contribution in [0.5, 0.6) is 0 Å². The zero-order valence-corrected chi connectivity index (χ0v) is 15.1. The Kier molecular flexibility index (Phi) is 5.60. The Balaban J connectivity index is 1.65. The lowest BCUT2D eigenvalue weighted by molar-refractivity contribution is 0.0919. The molecule has 3 aromatic rings. The van der Waals surface area contributed by atoms with Crippen molar-refractivity contribution < 1.29 is 9.32 Å². The number of amides is 1. The van der Waals surface area contributed by atoms with Gasteiger partial charge in [0.15, 0.2) is 5.82 Å². The minimum Gasteiger partial charge on any atom is -0.373 e. The molecule has 0 saturated heterocycles. The van der Waals surface area contributed by atoms with Crippen molar-refractivity contribution >= 4 is 11.6 Å². The Labute approximate surface area is 155 Å². The molecule has 0 fully saturated rings. The van der Waals surface area contributed by atoms with Crippen LogP contribution in [0.25, 0.3) is 0 Å². The largest absolute Gasteiger partial charge is 0.373 e. The molecule has 9 heteroatoms. The quantitative estimate of drug-likeness (QED) is 0.655. The monoisotopic (exact) mass is 368 g/mol. The van der Waals surface area contributed by atoms with Gasteiger partial charge < -0.3 is 14.7 Å². The molecule has 140 valence electrons. The summed E-state index contributed by atoms with van der Waals surface area (Å²) >= 11 is 0. The second kappa shape index (κ2) is 8.26. The van der Waals surface area contributed by atoms with Crippen molar-refractivity contribution in [3.8, 4) is 0 Å². The Bertz CT molecular complexity index is 966. The van der Waals surface area contributed by atoms with Crippen molar-refractivity contribution in [3.05, 3.63) is 70.2 Å². The van der Waals surface area contributed by atoms with Crippen molar-refractivity contribution in [3.63, 3.8) is 0 Å². The molecule has 0 atom stereocenters. The molecule has 2 heterocycles. The molecule has 0 aliphatic heterocycles. The first-order valence-electron chi connectivity index (χ1n) is 8.43. The summed E-state index contributed by atoms with van der Waals surface area (Å²) in [6.07, 6.45) is 2.48. The van der Waals surface area contributed by atoms with Crippen LogP contribution in [0.3, 0.4) is 0 Å². The van der Waals surface area contributed by atoms with Gasteiger partial charge in [-0.25, -0.2) is 4.68 Å². The Hall–Kier alpha value is -3.49. The summed E-state index contributed by atoms with van der Waals surface area (Å²) in [6, 6.07) is 11.6. The molecule has 1 amide bonds. The average Bonchev–Trinajstić information content (AvgIpc) is 3.16. The van der Waals surface area contributed by atoms with Crippen LogP contribution >= 0.6 is 0 Å². The van der Waals surface area contributed by atoms with E-state index in [0.717, 1.165) is 18.7 Å². The molecule has 0 unspecified atom stereocenters. The smallest absolute Gasteiger partial charge is 0.315 e. The minimum absolute atomic E-state index is 0.0212. The molecule has 0 aliphatic carbocycles. The van der Waals surface area contributed by atoms with Gasteiger partial charge in [0.25, 0.3) is 5.56 Å². The van der Waals surface area contributed by atoms with E-state index in [4.69, 9.17) is 4.52 Å². The van der Waals surface area contributed by atoms with E-state index < -0.39 is 5.91 Å². The summed E-state index contributed by atoms with van der Waals surface area (Å²) in [7, 11) is 3.38. The molecule has 0 saturated carbocycles. The zero-order chi connectivity index (χ0) is 19.2. The third-order valence-corrected chi connectivity index (χ3v) is 4.06. The lowest BCUT2D eigenvalue weighted by Crippen LogP contribution is -2.27. The fraction of sp³-hybridized carbons (Fsp3) is 0.278. The van der Waals surface area contributed by atoms with Gasteiger partial charge in [-0.1, -0.05) is 35.5 Å². The first-order chi connectivity index (χ1) is 13.1. The van der Waals surface area contributed by atoms with Crippen LogP contribution in [0.2, 0.25) is 0 Å². The molecule has 27 heavy (non-hydrogen) atoms. The van der Waals surface area contributed by atoms with E-state index >= 15 is 0 Å². The van der Waals surface area contributed by atoms with E-state index in [1.54, 1.807) is 6.20 Å².